The Morgan fingerprint density at radius 2 is 1.17 bits per heavy atom. The molecule has 4 nitrogen and oxygen atoms in total. The van der Waals surface area contributed by atoms with Gasteiger partial charge in [0.1, 0.15) is 13.2 Å². The van der Waals surface area contributed by atoms with E-state index in [1.54, 1.807) is 0 Å². The molecule has 0 aromatic carbocycles. The highest BCUT2D eigenvalue weighted by molar-refractivity contribution is 5.90. The van der Waals surface area contributed by atoms with Gasteiger partial charge in [-0.25, -0.2) is 9.59 Å². The fourth-order valence-corrected chi connectivity index (χ4v) is 0.707. The largest absolute Gasteiger partial charge is 0.457 e. The summed E-state index contributed by atoms with van der Waals surface area (Å²) in [6.07, 6.45) is 1.81. The van der Waals surface area contributed by atoms with Crippen LogP contribution in [0.1, 0.15) is 0 Å². The Kier molecular flexibility index (Phi) is 5.54. The molecule has 0 saturated heterocycles. The van der Waals surface area contributed by atoms with Crippen LogP contribution in [0, 0.1) is 0 Å². The van der Waals surface area contributed by atoms with Crippen LogP contribution in [0.3, 0.4) is 0 Å². The number of alkyl halides is 4. The van der Waals surface area contributed by atoms with Crippen LogP contribution >= 0.6 is 0 Å². The third-order valence-electron chi connectivity index (χ3n) is 1.57. The van der Waals surface area contributed by atoms with Crippen molar-refractivity contribution in [2.24, 2.45) is 0 Å². The summed E-state index contributed by atoms with van der Waals surface area (Å²) in [4.78, 5) is 21.4. The number of ether oxygens (including phenoxy) is 2. The molecule has 0 saturated carbocycles. The van der Waals surface area contributed by atoms with Crippen molar-refractivity contribution in [2.45, 2.75) is 11.8 Å². The van der Waals surface area contributed by atoms with E-state index < -0.39 is 37.0 Å². The standard InChI is InChI=1S/C10H10F4O4/c1-3-5-17-7(15)9(11,12)10(13,14)8(16)18-6-4-2/h3-4H,1-2,5-6H2. The lowest BCUT2D eigenvalue weighted by Crippen LogP contribution is -2.53. The number of hydrogen-bond acceptors (Lipinski definition) is 4. The topological polar surface area (TPSA) is 52.6 Å². The summed E-state index contributed by atoms with van der Waals surface area (Å²) >= 11 is 0. The predicted octanol–water partition coefficient (Wildman–Crippen LogP) is 1.72. The maximum Gasteiger partial charge on any atom is 0.415 e. The molecule has 0 spiro atoms. The molecule has 0 N–H and O–H groups in total. The lowest BCUT2D eigenvalue weighted by molar-refractivity contribution is -0.236. The highest BCUT2D eigenvalue weighted by Crippen LogP contribution is 2.36. The molecule has 0 amide bonds. The van der Waals surface area contributed by atoms with Gasteiger partial charge in [-0.15, -0.1) is 0 Å². The fourth-order valence-electron chi connectivity index (χ4n) is 0.707. The molecule has 0 heterocycles. The van der Waals surface area contributed by atoms with E-state index in [2.05, 4.69) is 22.6 Å². The zero-order valence-electron chi connectivity index (χ0n) is 9.13. The van der Waals surface area contributed by atoms with E-state index >= 15 is 0 Å². The molecule has 0 aliphatic rings. The first kappa shape index (κ1) is 16.1. The van der Waals surface area contributed by atoms with E-state index in [1.807, 2.05) is 0 Å². The first-order valence-corrected chi connectivity index (χ1v) is 4.53. The van der Waals surface area contributed by atoms with Gasteiger partial charge in [-0.3, -0.25) is 0 Å². The molecule has 0 aliphatic carbocycles. The van der Waals surface area contributed by atoms with E-state index in [9.17, 15) is 27.2 Å². The van der Waals surface area contributed by atoms with Crippen LogP contribution in [0.5, 0.6) is 0 Å². The second-order valence-electron chi connectivity index (χ2n) is 2.92. The third kappa shape index (κ3) is 3.31. The second-order valence-corrected chi connectivity index (χ2v) is 2.92. The average Bonchev–Trinajstić information content (AvgIpc) is 2.32. The lowest BCUT2D eigenvalue weighted by atomic mass is 10.2. The average molecular weight is 270 g/mol. The monoisotopic (exact) mass is 270 g/mol. The van der Waals surface area contributed by atoms with Gasteiger partial charge in [-0.05, 0) is 0 Å². The van der Waals surface area contributed by atoms with Gasteiger partial charge in [0, 0.05) is 0 Å². The predicted molar refractivity (Wildman–Crippen MR) is 52.2 cm³/mol. The van der Waals surface area contributed by atoms with Gasteiger partial charge >= 0.3 is 23.8 Å². The first-order valence-electron chi connectivity index (χ1n) is 4.53. The molecule has 0 fully saturated rings. The second kappa shape index (κ2) is 6.18. The van der Waals surface area contributed by atoms with Crippen LogP contribution in [-0.2, 0) is 19.1 Å². The summed E-state index contributed by atoms with van der Waals surface area (Å²) in [5.41, 5.74) is 0. The minimum atomic E-state index is -5.33. The molecular formula is C10H10F4O4. The van der Waals surface area contributed by atoms with Crippen molar-refractivity contribution in [1.29, 1.82) is 0 Å². The van der Waals surface area contributed by atoms with E-state index in [-0.39, 0.29) is 0 Å². The van der Waals surface area contributed by atoms with Gasteiger partial charge in [-0.2, -0.15) is 17.6 Å². The first-order chi connectivity index (χ1) is 8.21. The zero-order valence-corrected chi connectivity index (χ0v) is 9.13. The van der Waals surface area contributed by atoms with Crippen LogP contribution in [0.2, 0.25) is 0 Å². The molecule has 0 atom stereocenters. The molecule has 0 rings (SSSR count). The van der Waals surface area contributed by atoms with Crippen molar-refractivity contribution >= 4 is 11.9 Å². The molecule has 0 aromatic rings. The Labute approximate surface area is 99.9 Å². The molecule has 8 heteroatoms. The maximum absolute atomic E-state index is 13.0. The Hall–Kier alpha value is -1.86. The molecule has 0 aromatic heterocycles. The summed E-state index contributed by atoms with van der Waals surface area (Å²) in [7, 11) is 0. The van der Waals surface area contributed by atoms with Crippen LogP contribution in [0.25, 0.3) is 0 Å². The number of halogens is 4. The van der Waals surface area contributed by atoms with Gasteiger partial charge in [0.05, 0.1) is 0 Å². The van der Waals surface area contributed by atoms with Crippen molar-refractivity contribution in [2.75, 3.05) is 13.2 Å². The number of rotatable bonds is 7. The van der Waals surface area contributed by atoms with E-state index in [0.29, 0.717) is 0 Å². The van der Waals surface area contributed by atoms with Gasteiger partial charge in [0.25, 0.3) is 0 Å². The van der Waals surface area contributed by atoms with E-state index in [0.717, 1.165) is 12.2 Å². The number of carbonyl (C=O) groups excluding carboxylic acids is 2. The molecule has 0 aliphatic heterocycles. The van der Waals surface area contributed by atoms with Crippen LogP contribution in [0.4, 0.5) is 17.6 Å². The number of hydrogen-bond donors (Lipinski definition) is 0. The highest BCUT2D eigenvalue weighted by atomic mass is 19.3. The molecular weight excluding hydrogens is 260 g/mol. The maximum atomic E-state index is 13.0. The number of esters is 2. The molecule has 102 valence electrons. The van der Waals surface area contributed by atoms with Crippen molar-refractivity contribution in [3.63, 3.8) is 0 Å². The molecule has 0 unspecified atom stereocenters. The molecule has 0 bridgehead atoms. The summed E-state index contributed by atoms with van der Waals surface area (Å²) in [5, 5.41) is 0. The fraction of sp³-hybridized carbons (Fsp3) is 0.400. The van der Waals surface area contributed by atoms with Gasteiger partial charge in [0.15, 0.2) is 0 Å². The lowest BCUT2D eigenvalue weighted by Gasteiger charge is -2.22. The SMILES string of the molecule is C=CCOC(=O)C(F)(F)C(F)(F)C(=O)OCC=C. The van der Waals surface area contributed by atoms with Gasteiger partial charge in [0.2, 0.25) is 0 Å². The van der Waals surface area contributed by atoms with Crippen LogP contribution < -0.4 is 0 Å². The molecule has 0 radical (unpaired) electrons. The summed E-state index contributed by atoms with van der Waals surface area (Å²) in [5.74, 6) is -15.7. The van der Waals surface area contributed by atoms with Crippen molar-refractivity contribution < 1.29 is 36.6 Å². The summed E-state index contributed by atoms with van der Waals surface area (Å²) < 4.78 is 59.6. The quantitative estimate of drug-likeness (QED) is 0.401. The summed E-state index contributed by atoms with van der Waals surface area (Å²) in [6.45, 7) is 4.70. The van der Waals surface area contributed by atoms with Crippen molar-refractivity contribution in [3.05, 3.63) is 25.3 Å². The Bertz CT molecular complexity index is 318. The Morgan fingerprint density at radius 3 is 1.39 bits per heavy atom. The zero-order chi connectivity index (χ0) is 14.4. The summed E-state index contributed by atoms with van der Waals surface area (Å²) in [6, 6.07) is 0. The van der Waals surface area contributed by atoms with E-state index in [1.165, 1.54) is 0 Å². The van der Waals surface area contributed by atoms with E-state index in [4.69, 9.17) is 0 Å². The molecule has 18 heavy (non-hydrogen) atoms. The minimum absolute atomic E-state index is 0.688. The third-order valence-corrected chi connectivity index (χ3v) is 1.57. The minimum Gasteiger partial charge on any atom is -0.457 e. The highest BCUT2D eigenvalue weighted by Gasteiger charge is 2.69. The van der Waals surface area contributed by atoms with Crippen molar-refractivity contribution in [3.8, 4) is 0 Å². The normalized spacial score (nSPS) is 11.6. The Balaban J connectivity index is 4.92. The van der Waals surface area contributed by atoms with Crippen LogP contribution in [-0.4, -0.2) is 37.0 Å². The van der Waals surface area contributed by atoms with Crippen molar-refractivity contribution in [1.82, 2.24) is 0 Å². The number of carbonyl (C=O) groups is 2. The Morgan fingerprint density at radius 1 is 0.889 bits per heavy atom. The van der Waals surface area contributed by atoms with Gasteiger partial charge < -0.3 is 9.47 Å². The van der Waals surface area contributed by atoms with Crippen LogP contribution in [0.15, 0.2) is 25.3 Å². The van der Waals surface area contributed by atoms with Gasteiger partial charge in [-0.1, -0.05) is 25.3 Å². The smallest absolute Gasteiger partial charge is 0.415 e.